The van der Waals surface area contributed by atoms with Gasteiger partial charge in [0.05, 0.1) is 21.1 Å². The smallest absolute Gasteiger partial charge is 0.110 e. The van der Waals surface area contributed by atoms with E-state index in [9.17, 15) is 0 Å². The Bertz CT molecular complexity index is 540. The van der Waals surface area contributed by atoms with E-state index >= 15 is 0 Å². The van der Waals surface area contributed by atoms with Crippen LogP contribution in [0.25, 0.3) is 11.0 Å². The molecule has 0 bridgehead atoms. The predicted molar refractivity (Wildman–Crippen MR) is 75.3 cm³/mol. The number of hydrogen-bond donors (Lipinski definition) is 2. The van der Waals surface area contributed by atoms with E-state index in [1.54, 1.807) is 0 Å². The Kier molecular flexibility index (Phi) is 3.22. The number of aromatic nitrogens is 2. The monoisotopic (exact) mass is 283 g/mol. The van der Waals surface area contributed by atoms with Gasteiger partial charge >= 0.3 is 0 Å². The summed E-state index contributed by atoms with van der Waals surface area (Å²) in [6, 6.07) is 3.93. The first-order valence-electron chi connectivity index (χ1n) is 6.23. The van der Waals surface area contributed by atoms with Crippen LogP contribution in [0.3, 0.4) is 0 Å². The second-order valence-electron chi connectivity index (χ2n) is 5.03. The highest BCUT2D eigenvalue weighted by Crippen LogP contribution is 2.33. The molecule has 1 heterocycles. The normalized spacial score (nSPS) is 24.6. The minimum Gasteiger partial charge on any atom is -0.342 e. The Morgan fingerprint density at radius 2 is 2.00 bits per heavy atom. The van der Waals surface area contributed by atoms with Gasteiger partial charge in [-0.1, -0.05) is 29.6 Å². The molecular weight excluding hydrogens is 269 g/mol. The number of benzene rings is 1. The van der Waals surface area contributed by atoms with E-state index in [1.807, 2.05) is 12.1 Å². The van der Waals surface area contributed by atoms with Crippen molar-refractivity contribution in [2.75, 3.05) is 0 Å². The maximum atomic E-state index is 6.02. The molecule has 1 aromatic carbocycles. The van der Waals surface area contributed by atoms with E-state index in [1.165, 1.54) is 6.42 Å². The fraction of sp³-hybridized carbons (Fsp3) is 0.462. The number of nitrogens with zero attached hydrogens (tertiary/aromatic N) is 1. The number of halogens is 2. The SMILES string of the molecule is NC1CCCC(c2nc3cc(Cl)c(Cl)cc3[nH]2)C1. The molecule has 0 radical (unpaired) electrons. The average Bonchev–Trinajstić information content (AvgIpc) is 2.73. The van der Waals surface area contributed by atoms with E-state index in [0.29, 0.717) is 22.0 Å². The molecule has 2 atom stereocenters. The molecule has 1 aliphatic carbocycles. The zero-order chi connectivity index (χ0) is 12.7. The molecule has 1 aliphatic rings. The van der Waals surface area contributed by atoms with Crippen LogP contribution in [0.2, 0.25) is 10.0 Å². The summed E-state index contributed by atoms with van der Waals surface area (Å²) in [5, 5.41) is 1.10. The van der Waals surface area contributed by atoms with Crippen molar-refractivity contribution in [2.45, 2.75) is 37.6 Å². The molecule has 1 fully saturated rings. The summed E-state index contributed by atoms with van der Waals surface area (Å²) in [5.74, 6) is 1.44. The van der Waals surface area contributed by atoms with Gasteiger partial charge in [-0.15, -0.1) is 0 Å². The second kappa shape index (κ2) is 4.72. The van der Waals surface area contributed by atoms with Crippen LogP contribution >= 0.6 is 23.2 Å². The van der Waals surface area contributed by atoms with Crippen LogP contribution in [0.4, 0.5) is 0 Å². The number of imidazole rings is 1. The van der Waals surface area contributed by atoms with Crippen molar-refractivity contribution in [1.29, 1.82) is 0 Å². The highest BCUT2D eigenvalue weighted by Gasteiger charge is 2.23. The Morgan fingerprint density at radius 1 is 1.22 bits per heavy atom. The minimum atomic E-state index is 0.295. The number of nitrogens with one attached hydrogen (secondary N) is 1. The van der Waals surface area contributed by atoms with Crippen molar-refractivity contribution in [1.82, 2.24) is 9.97 Å². The molecule has 0 amide bonds. The molecule has 1 aromatic heterocycles. The quantitative estimate of drug-likeness (QED) is 0.835. The second-order valence-corrected chi connectivity index (χ2v) is 5.84. The molecule has 0 aliphatic heterocycles. The standard InChI is InChI=1S/C13H15Cl2N3/c14-9-5-11-12(6-10(9)15)18-13(17-11)7-2-1-3-8(16)4-7/h5-8H,1-4,16H2,(H,17,18). The molecule has 0 saturated heterocycles. The zero-order valence-electron chi connectivity index (χ0n) is 9.92. The van der Waals surface area contributed by atoms with Gasteiger partial charge in [0.1, 0.15) is 5.82 Å². The summed E-state index contributed by atoms with van der Waals surface area (Å²) in [4.78, 5) is 7.96. The van der Waals surface area contributed by atoms with Crippen LogP contribution in [-0.2, 0) is 0 Å². The molecule has 2 aromatic rings. The van der Waals surface area contributed by atoms with Crippen molar-refractivity contribution in [3.05, 3.63) is 28.0 Å². The number of rotatable bonds is 1. The number of nitrogens with two attached hydrogens (primary N) is 1. The van der Waals surface area contributed by atoms with E-state index < -0.39 is 0 Å². The average molecular weight is 284 g/mol. The van der Waals surface area contributed by atoms with Crippen LogP contribution in [0.15, 0.2) is 12.1 Å². The lowest BCUT2D eigenvalue weighted by Gasteiger charge is -2.24. The number of aromatic amines is 1. The van der Waals surface area contributed by atoms with Gasteiger partial charge in [0.25, 0.3) is 0 Å². The van der Waals surface area contributed by atoms with Gasteiger partial charge in [-0.2, -0.15) is 0 Å². The summed E-state index contributed by atoms with van der Waals surface area (Å²) in [6.45, 7) is 0. The molecular formula is C13H15Cl2N3. The largest absolute Gasteiger partial charge is 0.342 e. The Morgan fingerprint density at radius 3 is 2.78 bits per heavy atom. The maximum absolute atomic E-state index is 6.02. The molecule has 1 saturated carbocycles. The van der Waals surface area contributed by atoms with Gasteiger partial charge in [0, 0.05) is 12.0 Å². The summed E-state index contributed by atoms with van der Waals surface area (Å²) in [6.07, 6.45) is 4.44. The van der Waals surface area contributed by atoms with E-state index in [-0.39, 0.29) is 0 Å². The van der Waals surface area contributed by atoms with E-state index in [2.05, 4.69) is 9.97 Å². The first-order valence-corrected chi connectivity index (χ1v) is 6.99. The third kappa shape index (κ3) is 2.22. The number of hydrogen-bond acceptors (Lipinski definition) is 2. The van der Waals surface area contributed by atoms with Crippen LogP contribution in [-0.4, -0.2) is 16.0 Å². The van der Waals surface area contributed by atoms with Crippen molar-refractivity contribution >= 4 is 34.2 Å². The number of H-pyrrole nitrogens is 1. The molecule has 96 valence electrons. The Balaban J connectivity index is 1.97. The molecule has 18 heavy (non-hydrogen) atoms. The first kappa shape index (κ1) is 12.3. The number of fused-ring (bicyclic) bond motifs is 1. The highest BCUT2D eigenvalue weighted by atomic mass is 35.5. The van der Waals surface area contributed by atoms with Gasteiger partial charge in [-0.05, 0) is 31.4 Å². The van der Waals surface area contributed by atoms with Gasteiger partial charge in [0.2, 0.25) is 0 Å². The van der Waals surface area contributed by atoms with Crippen molar-refractivity contribution < 1.29 is 0 Å². The highest BCUT2D eigenvalue weighted by molar-refractivity contribution is 6.42. The molecule has 2 unspecified atom stereocenters. The fourth-order valence-corrected chi connectivity index (χ4v) is 3.02. The lowest BCUT2D eigenvalue weighted by Crippen LogP contribution is -2.27. The van der Waals surface area contributed by atoms with Crippen LogP contribution < -0.4 is 5.73 Å². The summed E-state index contributed by atoms with van der Waals surface area (Å²) in [7, 11) is 0. The Labute approximate surface area is 116 Å². The predicted octanol–water partition coefficient (Wildman–Crippen LogP) is 3.85. The van der Waals surface area contributed by atoms with Crippen molar-refractivity contribution in [3.8, 4) is 0 Å². The minimum absolute atomic E-state index is 0.295. The van der Waals surface area contributed by atoms with Crippen LogP contribution in [0, 0.1) is 0 Å². The van der Waals surface area contributed by atoms with Crippen molar-refractivity contribution in [2.24, 2.45) is 5.73 Å². The third-order valence-corrected chi connectivity index (χ3v) is 4.37. The van der Waals surface area contributed by atoms with Gasteiger partial charge < -0.3 is 10.7 Å². The molecule has 3 N–H and O–H groups in total. The lowest BCUT2D eigenvalue weighted by molar-refractivity contribution is 0.384. The molecule has 5 heteroatoms. The maximum Gasteiger partial charge on any atom is 0.110 e. The first-order chi connectivity index (χ1) is 8.63. The summed E-state index contributed by atoms with van der Waals surface area (Å²) < 4.78 is 0. The Hall–Kier alpha value is -0.770. The summed E-state index contributed by atoms with van der Waals surface area (Å²) >= 11 is 12.0. The van der Waals surface area contributed by atoms with Gasteiger partial charge in [0.15, 0.2) is 0 Å². The van der Waals surface area contributed by atoms with E-state index in [0.717, 1.165) is 36.1 Å². The van der Waals surface area contributed by atoms with Crippen molar-refractivity contribution in [3.63, 3.8) is 0 Å². The van der Waals surface area contributed by atoms with Gasteiger partial charge in [-0.3, -0.25) is 0 Å². The van der Waals surface area contributed by atoms with Crippen LogP contribution in [0.1, 0.15) is 37.4 Å². The topological polar surface area (TPSA) is 54.7 Å². The van der Waals surface area contributed by atoms with Gasteiger partial charge in [-0.25, -0.2) is 4.98 Å². The summed E-state index contributed by atoms with van der Waals surface area (Å²) in [5.41, 5.74) is 7.84. The van der Waals surface area contributed by atoms with Crippen LogP contribution in [0.5, 0.6) is 0 Å². The fourth-order valence-electron chi connectivity index (χ4n) is 2.69. The third-order valence-electron chi connectivity index (χ3n) is 3.64. The molecule has 0 spiro atoms. The lowest BCUT2D eigenvalue weighted by atomic mass is 9.86. The zero-order valence-corrected chi connectivity index (χ0v) is 11.4. The molecule has 3 nitrogen and oxygen atoms in total. The van der Waals surface area contributed by atoms with E-state index in [4.69, 9.17) is 28.9 Å². The molecule has 3 rings (SSSR count).